The summed E-state index contributed by atoms with van der Waals surface area (Å²) in [6.07, 6.45) is 9.65. The van der Waals surface area contributed by atoms with E-state index >= 15 is 0 Å². The van der Waals surface area contributed by atoms with Crippen molar-refractivity contribution >= 4 is 17.3 Å². The molecule has 3 rings (SSSR count). The van der Waals surface area contributed by atoms with E-state index in [1.165, 1.54) is 45.1 Å². The first-order chi connectivity index (χ1) is 9.34. The van der Waals surface area contributed by atoms with Crippen LogP contribution in [0.25, 0.3) is 0 Å². The maximum atomic E-state index is 6.15. The molecular formula is C15H22ClN3. The number of anilines is 1. The molecule has 1 aliphatic carbocycles. The van der Waals surface area contributed by atoms with Gasteiger partial charge in [0, 0.05) is 18.3 Å². The van der Waals surface area contributed by atoms with Gasteiger partial charge in [0.05, 0.1) is 5.69 Å². The summed E-state index contributed by atoms with van der Waals surface area (Å²) in [5.41, 5.74) is 0.983. The van der Waals surface area contributed by atoms with Crippen LogP contribution in [0.4, 0.5) is 5.69 Å². The lowest BCUT2D eigenvalue weighted by atomic mass is 9.88. The van der Waals surface area contributed by atoms with Gasteiger partial charge >= 0.3 is 0 Å². The number of halogens is 1. The lowest BCUT2D eigenvalue weighted by Gasteiger charge is -2.33. The number of piperidine rings is 1. The van der Waals surface area contributed by atoms with Crippen molar-refractivity contribution in [1.82, 2.24) is 10.3 Å². The molecule has 1 aromatic heterocycles. The lowest BCUT2D eigenvalue weighted by Crippen LogP contribution is -2.44. The van der Waals surface area contributed by atoms with Gasteiger partial charge in [-0.15, -0.1) is 0 Å². The monoisotopic (exact) mass is 279 g/mol. The van der Waals surface area contributed by atoms with E-state index in [4.69, 9.17) is 11.6 Å². The number of hydrogen-bond acceptors (Lipinski definition) is 3. The van der Waals surface area contributed by atoms with Crippen molar-refractivity contribution in [3.63, 3.8) is 0 Å². The Hall–Kier alpha value is -0.800. The summed E-state index contributed by atoms with van der Waals surface area (Å²) in [6.45, 7) is 1.18. The molecule has 2 fully saturated rings. The average molecular weight is 280 g/mol. The van der Waals surface area contributed by atoms with E-state index in [2.05, 4.69) is 15.6 Å². The van der Waals surface area contributed by atoms with E-state index in [9.17, 15) is 0 Å². The molecule has 0 bridgehead atoms. The minimum Gasteiger partial charge on any atom is -0.379 e. The zero-order chi connectivity index (χ0) is 13.1. The van der Waals surface area contributed by atoms with E-state index in [0.29, 0.717) is 17.2 Å². The summed E-state index contributed by atoms with van der Waals surface area (Å²) in [4.78, 5) is 4.15. The Balaban J connectivity index is 1.67. The molecule has 3 nitrogen and oxygen atoms in total. The molecule has 3 atom stereocenters. The molecule has 1 aromatic rings. The van der Waals surface area contributed by atoms with Crippen LogP contribution in [0.3, 0.4) is 0 Å². The number of pyridine rings is 1. The Bertz CT molecular complexity index is 418. The number of hydrogen-bond donors (Lipinski definition) is 2. The van der Waals surface area contributed by atoms with Crippen LogP contribution in [-0.4, -0.2) is 23.6 Å². The first-order valence-electron chi connectivity index (χ1n) is 7.45. The highest BCUT2D eigenvalue weighted by Crippen LogP contribution is 2.34. The highest BCUT2D eigenvalue weighted by atomic mass is 35.5. The Kier molecular flexibility index (Phi) is 4.24. The van der Waals surface area contributed by atoms with Crippen LogP contribution in [-0.2, 0) is 0 Å². The topological polar surface area (TPSA) is 37.0 Å². The van der Waals surface area contributed by atoms with Crippen LogP contribution in [0.1, 0.15) is 38.5 Å². The van der Waals surface area contributed by atoms with Gasteiger partial charge in [0.1, 0.15) is 0 Å². The van der Waals surface area contributed by atoms with E-state index < -0.39 is 0 Å². The Morgan fingerprint density at radius 1 is 1.21 bits per heavy atom. The summed E-state index contributed by atoms with van der Waals surface area (Å²) >= 11 is 6.15. The smallest absolute Gasteiger partial charge is 0.152 e. The third kappa shape index (κ3) is 3.03. The van der Waals surface area contributed by atoms with Gasteiger partial charge in [-0.05, 0) is 50.3 Å². The molecule has 19 heavy (non-hydrogen) atoms. The fraction of sp³-hybridized carbons (Fsp3) is 0.667. The third-order valence-corrected chi connectivity index (χ3v) is 4.84. The summed E-state index contributed by atoms with van der Waals surface area (Å²) in [5, 5.41) is 7.91. The molecule has 2 heterocycles. The molecule has 1 aliphatic heterocycles. The quantitative estimate of drug-likeness (QED) is 0.832. The predicted octanol–water partition coefficient (Wildman–Crippen LogP) is 3.46. The maximum Gasteiger partial charge on any atom is 0.152 e. The van der Waals surface area contributed by atoms with Crippen LogP contribution in [0.15, 0.2) is 18.3 Å². The van der Waals surface area contributed by atoms with Crippen LogP contribution < -0.4 is 10.6 Å². The second-order valence-corrected chi connectivity index (χ2v) is 6.10. The normalized spacial score (nSPS) is 31.3. The van der Waals surface area contributed by atoms with Crippen molar-refractivity contribution in [3.8, 4) is 0 Å². The molecule has 4 heteroatoms. The zero-order valence-electron chi connectivity index (χ0n) is 11.2. The molecule has 0 aromatic carbocycles. The standard InChI is InChI=1S/C15H22ClN3/c16-15-14(8-4-10-18-15)19-13-7-3-5-11(13)12-6-1-2-9-17-12/h4,8,10-13,17,19H,1-3,5-7,9H2. The summed E-state index contributed by atoms with van der Waals surface area (Å²) in [7, 11) is 0. The van der Waals surface area contributed by atoms with Gasteiger partial charge in [-0.2, -0.15) is 0 Å². The first-order valence-corrected chi connectivity index (χ1v) is 7.83. The van der Waals surface area contributed by atoms with Gasteiger partial charge in [-0.3, -0.25) is 0 Å². The number of rotatable bonds is 3. The SMILES string of the molecule is Clc1ncccc1NC1CCCC1C1CCCCN1. The second kappa shape index (κ2) is 6.10. The summed E-state index contributed by atoms with van der Waals surface area (Å²) < 4.78 is 0. The molecule has 1 saturated heterocycles. The molecule has 2 N–H and O–H groups in total. The van der Waals surface area contributed by atoms with Gasteiger partial charge < -0.3 is 10.6 Å². The highest BCUT2D eigenvalue weighted by Gasteiger charge is 2.34. The number of aromatic nitrogens is 1. The maximum absolute atomic E-state index is 6.15. The Morgan fingerprint density at radius 3 is 2.95 bits per heavy atom. The number of nitrogens with zero attached hydrogens (tertiary/aromatic N) is 1. The number of nitrogens with one attached hydrogen (secondary N) is 2. The van der Waals surface area contributed by atoms with Gasteiger partial charge in [0.25, 0.3) is 0 Å². The van der Waals surface area contributed by atoms with Crippen molar-refractivity contribution in [2.45, 2.75) is 50.6 Å². The zero-order valence-corrected chi connectivity index (χ0v) is 12.0. The molecule has 0 amide bonds. The van der Waals surface area contributed by atoms with E-state index in [1.807, 2.05) is 12.1 Å². The van der Waals surface area contributed by atoms with Crippen molar-refractivity contribution in [2.24, 2.45) is 5.92 Å². The highest BCUT2D eigenvalue weighted by molar-refractivity contribution is 6.31. The average Bonchev–Trinajstić information content (AvgIpc) is 2.91. The summed E-state index contributed by atoms with van der Waals surface area (Å²) in [6, 6.07) is 5.19. The summed E-state index contributed by atoms with van der Waals surface area (Å²) in [5.74, 6) is 0.733. The fourth-order valence-corrected chi connectivity index (χ4v) is 3.76. The third-order valence-electron chi connectivity index (χ3n) is 4.53. The fourth-order valence-electron chi connectivity index (χ4n) is 3.59. The molecule has 0 spiro atoms. The molecule has 104 valence electrons. The first kappa shape index (κ1) is 13.2. The molecule has 1 saturated carbocycles. The van der Waals surface area contributed by atoms with E-state index in [-0.39, 0.29) is 0 Å². The van der Waals surface area contributed by atoms with Crippen molar-refractivity contribution in [3.05, 3.63) is 23.5 Å². The Labute approximate surface area is 120 Å². The minimum atomic E-state index is 0.539. The van der Waals surface area contributed by atoms with E-state index in [1.54, 1.807) is 6.20 Å². The van der Waals surface area contributed by atoms with Crippen LogP contribution >= 0.6 is 11.6 Å². The second-order valence-electron chi connectivity index (χ2n) is 5.74. The Morgan fingerprint density at radius 2 is 2.16 bits per heavy atom. The van der Waals surface area contributed by atoms with E-state index in [0.717, 1.165) is 11.6 Å². The minimum absolute atomic E-state index is 0.539. The van der Waals surface area contributed by atoms with Gasteiger partial charge in [0.15, 0.2) is 5.15 Å². The van der Waals surface area contributed by atoms with Crippen molar-refractivity contribution < 1.29 is 0 Å². The van der Waals surface area contributed by atoms with Gasteiger partial charge in [0.2, 0.25) is 0 Å². The van der Waals surface area contributed by atoms with Crippen molar-refractivity contribution in [1.29, 1.82) is 0 Å². The lowest BCUT2D eigenvalue weighted by molar-refractivity contribution is 0.286. The molecule has 0 radical (unpaired) electrons. The van der Waals surface area contributed by atoms with Gasteiger partial charge in [-0.25, -0.2) is 4.98 Å². The molecular weight excluding hydrogens is 258 g/mol. The van der Waals surface area contributed by atoms with Crippen LogP contribution in [0.5, 0.6) is 0 Å². The molecule has 3 unspecified atom stereocenters. The van der Waals surface area contributed by atoms with Crippen molar-refractivity contribution in [2.75, 3.05) is 11.9 Å². The predicted molar refractivity (Wildman–Crippen MR) is 79.6 cm³/mol. The largest absolute Gasteiger partial charge is 0.379 e. The van der Waals surface area contributed by atoms with Crippen LogP contribution in [0, 0.1) is 5.92 Å². The van der Waals surface area contributed by atoms with Gasteiger partial charge in [-0.1, -0.05) is 24.4 Å². The van der Waals surface area contributed by atoms with Crippen LogP contribution in [0.2, 0.25) is 5.15 Å². The molecule has 2 aliphatic rings.